The molecule has 0 fully saturated rings. The molecule has 0 spiro atoms. The largest absolute Gasteiger partial charge is 0.513 e. The number of likely N-dealkylation sites (N-methyl/N-ethyl adjacent to an activating group) is 1. The number of hydrogen-bond donors (Lipinski definition) is 0. The summed E-state index contributed by atoms with van der Waals surface area (Å²) < 4.78 is 8.93. The Hall–Kier alpha value is -1.03. The summed E-state index contributed by atoms with van der Waals surface area (Å²) in [6.07, 6.45) is 0.333. The van der Waals surface area contributed by atoms with Gasteiger partial charge in [-0.2, -0.15) is 0 Å². The average Bonchev–Trinajstić information content (AvgIpc) is 1.87. The number of nitrogens with zero attached hydrogens (tertiary/aromatic N) is 1. The predicted octanol–water partition coefficient (Wildman–Crippen LogP) is 0.845. The van der Waals surface area contributed by atoms with E-state index in [2.05, 4.69) is 16.1 Å². The van der Waals surface area contributed by atoms with Gasteiger partial charge in [-0.3, -0.25) is 0 Å². The maximum Gasteiger partial charge on any atom is 0.513 e. The van der Waals surface area contributed by atoms with Gasteiger partial charge in [0.15, 0.2) is 0 Å². The van der Waals surface area contributed by atoms with E-state index in [-0.39, 0.29) is 0 Å². The summed E-state index contributed by atoms with van der Waals surface area (Å²) in [4.78, 5) is 12.4. The van der Waals surface area contributed by atoms with Gasteiger partial charge in [-0.1, -0.05) is 6.58 Å². The molecule has 0 aromatic heterocycles. The van der Waals surface area contributed by atoms with Gasteiger partial charge in [-0.25, -0.2) is 4.79 Å². The first-order valence-corrected chi connectivity index (χ1v) is 3.26. The first-order chi connectivity index (χ1) is 5.16. The van der Waals surface area contributed by atoms with Gasteiger partial charge in [-0.15, -0.1) is 0 Å². The molecule has 4 heteroatoms. The zero-order chi connectivity index (χ0) is 8.69. The van der Waals surface area contributed by atoms with Gasteiger partial charge in [0, 0.05) is 6.54 Å². The Kier molecular flexibility index (Phi) is 5.20. The molecule has 0 N–H and O–H groups in total. The smallest absolute Gasteiger partial charge is 0.433 e. The molecule has 0 heterocycles. The monoisotopic (exact) mass is 159 g/mol. The van der Waals surface area contributed by atoms with Crippen LogP contribution in [0.3, 0.4) is 0 Å². The van der Waals surface area contributed by atoms with E-state index in [1.807, 2.05) is 19.0 Å². The molecule has 0 aliphatic heterocycles. The second-order valence-electron chi connectivity index (χ2n) is 2.19. The topological polar surface area (TPSA) is 38.8 Å². The fraction of sp³-hybridized carbons (Fsp3) is 0.571. The van der Waals surface area contributed by atoms with Crippen LogP contribution in [0.4, 0.5) is 4.79 Å². The molecule has 0 saturated carbocycles. The Morgan fingerprint density at radius 1 is 1.64 bits per heavy atom. The fourth-order valence-electron chi connectivity index (χ4n) is 0.414. The van der Waals surface area contributed by atoms with Crippen LogP contribution < -0.4 is 0 Å². The minimum atomic E-state index is -0.707. The second kappa shape index (κ2) is 5.73. The SMILES string of the molecule is C=COC(=O)OCCN(C)C. The molecule has 0 amide bonds. The maximum atomic E-state index is 10.5. The van der Waals surface area contributed by atoms with Gasteiger partial charge in [0.25, 0.3) is 0 Å². The summed E-state index contributed by atoms with van der Waals surface area (Å²) in [5.41, 5.74) is 0. The summed E-state index contributed by atoms with van der Waals surface area (Å²) in [6.45, 7) is 4.23. The van der Waals surface area contributed by atoms with Crippen LogP contribution in [-0.4, -0.2) is 38.3 Å². The van der Waals surface area contributed by atoms with Crippen molar-refractivity contribution < 1.29 is 14.3 Å². The van der Waals surface area contributed by atoms with E-state index in [4.69, 9.17) is 0 Å². The van der Waals surface area contributed by atoms with Crippen molar-refractivity contribution in [2.45, 2.75) is 0 Å². The lowest BCUT2D eigenvalue weighted by Crippen LogP contribution is -2.19. The van der Waals surface area contributed by atoms with E-state index in [0.29, 0.717) is 13.2 Å². The molecule has 0 rings (SSSR count). The van der Waals surface area contributed by atoms with Crippen molar-refractivity contribution in [2.75, 3.05) is 27.2 Å². The highest BCUT2D eigenvalue weighted by Gasteiger charge is 1.99. The molecule has 0 radical (unpaired) electrons. The maximum absolute atomic E-state index is 10.5. The van der Waals surface area contributed by atoms with Crippen molar-refractivity contribution >= 4 is 6.16 Å². The van der Waals surface area contributed by atoms with Crippen LogP contribution >= 0.6 is 0 Å². The summed E-state index contributed by atoms with van der Waals surface area (Å²) in [5.74, 6) is 0. The zero-order valence-corrected chi connectivity index (χ0v) is 6.87. The Morgan fingerprint density at radius 2 is 2.27 bits per heavy atom. The highest BCUT2D eigenvalue weighted by atomic mass is 16.7. The third kappa shape index (κ3) is 6.86. The number of ether oxygens (including phenoxy) is 2. The summed E-state index contributed by atoms with van der Waals surface area (Å²) in [5, 5.41) is 0. The lowest BCUT2D eigenvalue weighted by atomic mass is 10.6. The van der Waals surface area contributed by atoms with E-state index in [0.717, 1.165) is 6.26 Å². The van der Waals surface area contributed by atoms with Crippen molar-refractivity contribution in [3.8, 4) is 0 Å². The molecule has 0 bridgehead atoms. The van der Waals surface area contributed by atoms with Crippen molar-refractivity contribution in [3.05, 3.63) is 12.8 Å². The fourth-order valence-corrected chi connectivity index (χ4v) is 0.414. The number of carbonyl (C=O) groups is 1. The minimum absolute atomic E-state index is 0.333. The summed E-state index contributed by atoms with van der Waals surface area (Å²) >= 11 is 0. The number of rotatable bonds is 4. The molecule has 0 aromatic carbocycles. The van der Waals surface area contributed by atoms with Crippen LogP contribution in [-0.2, 0) is 9.47 Å². The quantitative estimate of drug-likeness (QED) is 0.450. The normalized spacial score (nSPS) is 9.36. The lowest BCUT2D eigenvalue weighted by Gasteiger charge is -2.08. The van der Waals surface area contributed by atoms with E-state index < -0.39 is 6.16 Å². The van der Waals surface area contributed by atoms with Gasteiger partial charge in [0.1, 0.15) is 6.61 Å². The van der Waals surface area contributed by atoms with E-state index in [1.165, 1.54) is 0 Å². The standard InChI is InChI=1S/C7H13NO3/c1-4-10-7(9)11-6-5-8(2)3/h4H,1,5-6H2,2-3H3. The summed E-state index contributed by atoms with van der Waals surface area (Å²) in [6, 6.07) is 0. The molecule has 0 aliphatic rings. The highest BCUT2D eigenvalue weighted by Crippen LogP contribution is 1.85. The Labute approximate surface area is 66.4 Å². The van der Waals surface area contributed by atoms with Gasteiger partial charge in [-0.05, 0) is 14.1 Å². The molecule has 0 saturated heterocycles. The Morgan fingerprint density at radius 3 is 2.73 bits per heavy atom. The van der Waals surface area contributed by atoms with Crippen molar-refractivity contribution in [1.29, 1.82) is 0 Å². The molecule has 0 unspecified atom stereocenters. The van der Waals surface area contributed by atoms with Crippen LogP contribution in [0.5, 0.6) is 0 Å². The average molecular weight is 159 g/mol. The Balaban J connectivity index is 3.24. The molecule has 4 nitrogen and oxygen atoms in total. The van der Waals surface area contributed by atoms with Crippen molar-refractivity contribution in [3.63, 3.8) is 0 Å². The molecular formula is C7H13NO3. The van der Waals surface area contributed by atoms with Gasteiger partial charge in [0.05, 0.1) is 6.26 Å². The molecule has 11 heavy (non-hydrogen) atoms. The molecule has 64 valence electrons. The predicted molar refractivity (Wildman–Crippen MR) is 41.2 cm³/mol. The van der Waals surface area contributed by atoms with Crippen LogP contribution in [0.1, 0.15) is 0 Å². The first-order valence-electron chi connectivity index (χ1n) is 3.26. The third-order valence-corrected chi connectivity index (χ3v) is 0.938. The Bertz CT molecular complexity index is 134. The van der Waals surface area contributed by atoms with Crippen LogP contribution in [0, 0.1) is 0 Å². The highest BCUT2D eigenvalue weighted by molar-refractivity contribution is 5.60. The summed E-state index contributed by atoms with van der Waals surface area (Å²) in [7, 11) is 3.78. The van der Waals surface area contributed by atoms with Crippen LogP contribution in [0.2, 0.25) is 0 Å². The minimum Gasteiger partial charge on any atom is -0.433 e. The first kappa shape index (κ1) is 9.97. The van der Waals surface area contributed by atoms with Crippen LogP contribution in [0.15, 0.2) is 12.8 Å². The molecular weight excluding hydrogens is 146 g/mol. The number of carbonyl (C=O) groups excluding carboxylic acids is 1. The van der Waals surface area contributed by atoms with Gasteiger partial charge < -0.3 is 14.4 Å². The number of hydrogen-bond acceptors (Lipinski definition) is 4. The molecule has 0 atom stereocenters. The van der Waals surface area contributed by atoms with E-state index >= 15 is 0 Å². The zero-order valence-electron chi connectivity index (χ0n) is 6.87. The van der Waals surface area contributed by atoms with Gasteiger partial charge >= 0.3 is 6.16 Å². The van der Waals surface area contributed by atoms with E-state index in [9.17, 15) is 4.79 Å². The molecule has 0 aromatic rings. The molecule has 0 aliphatic carbocycles. The van der Waals surface area contributed by atoms with Crippen molar-refractivity contribution in [1.82, 2.24) is 4.90 Å². The lowest BCUT2D eigenvalue weighted by molar-refractivity contribution is 0.0794. The third-order valence-electron chi connectivity index (χ3n) is 0.938. The second-order valence-corrected chi connectivity index (χ2v) is 2.19. The van der Waals surface area contributed by atoms with Crippen molar-refractivity contribution in [2.24, 2.45) is 0 Å². The van der Waals surface area contributed by atoms with Crippen LogP contribution in [0.25, 0.3) is 0 Å². The van der Waals surface area contributed by atoms with E-state index in [1.54, 1.807) is 0 Å². The van der Waals surface area contributed by atoms with Gasteiger partial charge in [0.2, 0.25) is 0 Å².